The van der Waals surface area contributed by atoms with Crippen LogP contribution in [0.15, 0.2) is 17.0 Å². The van der Waals surface area contributed by atoms with E-state index in [1.54, 1.807) is 6.20 Å². The minimum Gasteiger partial charge on any atom is -0.364 e. The summed E-state index contributed by atoms with van der Waals surface area (Å²) >= 11 is 9.09. The Kier molecular flexibility index (Phi) is 4.13. The molecular formula is C9H13BrClN3. The zero-order valence-electron chi connectivity index (χ0n) is 8.22. The zero-order valence-corrected chi connectivity index (χ0v) is 10.6. The number of alkyl halides is 1. The summed E-state index contributed by atoms with van der Waals surface area (Å²) in [4.78, 5) is 8.03. The second-order valence-corrected chi connectivity index (χ2v) is 4.90. The lowest BCUT2D eigenvalue weighted by atomic mass is 10.0. The van der Waals surface area contributed by atoms with Gasteiger partial charge in [-0.05, 0) is 36.2 Å². The predicted octanol–water partition coefficient (Wildman–Crippen LogP) is 3.06. The van der Waals surface area contributed by atoms with Crippen molar-refractivity contribution in [3.63, 3.8) is 0 Å². The van der Waals surface area contributed by atoms with Gasteiger partial charge in [-0.3, -0.25) is 0 Å². The molecule has 5 heteroatoms. The number of hydrogen-bond donors (Lipinski definition) is 1. The van der Waals surface area contributed by atoms with Crippen molar-refractivity contribution in [1.29, 1.82) is 0 Å². The third-order valence-corrected chi connectivity index (χ3v) is 2.61. The molecule has 0 aliphatic heterocycles. The third kappa shape index (κ3) is 3.42. The van der Waals surface area contributed by atoms with Gasteiger partial charge in [0.15, 0.2) is 0 Å². The molecule has 0 bridgehead atoms. The van der Waals surface area contributed by atoms with Gasteiger partial charge in [-0.15, -0.1) is 11.6 Å². The Morgan fingerprint density at radius 1 is 1.57 bits per heavy atom. The first-order valence-electron chi connectivity index (χ1n) is 4.35. The summed E-state index contributed by atoms with van der Waals surface area (Å²) in [6.45, 7) is 4.17. The van der Waals surface area contributed by atoms with E-state index in [9.17, 15) is 0 Å². The van der Waals surface area contributed by atoms with Crippen molar-refractivity contribution >= 4 is 33.3 Å². The number of rotatable bonds is 4. The van der Waals surface area contributed by atoms with Crippen LogP contribution in [0.2, 0.25) is 0 Å². The Labute approximate surface area is 97.4 Å². The first-order chi connectivity index (χ1) is 6.55. The van der Waals surface area contributed by atoms with Crippen LogP contribution in [0.1, 0.15) is 20.3 Å². The molecule has 1 aromatic heterocycles. The fourth-order valence-electron chi connectivity index (χ4n) is 1.02. The van der Waals surface area contributed by atoms with E-state index >= 15 is 0 Å². The molecule has 0 amide bonds. The number of halogens is 2. The monoisotopic (exact) mass is 277 g/mol. The highest BCUT2D eigenvalue weighted by Crippen LogP contribution is 2.23. The van der Waals surface area contributed by atoms with Crippen LogP contribution >= 0.6 is 27.5 Å². The smallest absolute Gasteiger partial charge is 0.144 e. The molecule has 0 aliphatic rings. The molecule has 0 atom stereocenters. The Morgan fingerprint density at radius 3 is 2.86 bits per heavy atom. The van der Waals surface area contributed by atoms with Gasteiger partial charge < -0.3 is 5.32 Å². The Hall–Kier alpha value is -0.350. The van der Waals surface area contributed by atoms with Crippen molar-refractivity contribution in [2.24, 2.45) is 0 Å². The lowest BCUT2D eigenvalue weighted by Gasteiger charge is -2.26. The summed E-state index contributed by atoms with van der Waals surface area (Å²) in [5.74, 6) is 1.43. The average molecular weight is 279 g/mol. The van der Waals surface area contributed by atoms with Crippen molar-refractivity contribution < 1.29 is 0 Å². The van der Waals surface area contributed by atoms with Crippen LogP contribution in [0.3, 0.4) is 0 Å². The molecule has 1 N–H and O–H groups in total. The van der Waals surface area contributed by atoms with E-state index in [4.69, 9.17) is 11.6 Å². The van der Waals surface area contributed by atoms with Gasteiger partial charge in [0.05, 0.1) is 4.47 Å². The summed E-state index contributed by atoms with van der Waals surface area (Å²) in [5.41, 5.74) is -0.0569. The van der Waals surface area contributed by atoms with Crippen LogP contribution in [-0.4, -0.2) is 21.4 Å². The van der Waals surface area contributed by atoms with Crippen molar-refractivity contribution in [2.75, 3.05) is 11.2 Å². The number of nitrogens with one attached hydrogen (secondary N) is 1. The summed E-state index contributed by atoms with van der Waals surface area (Å²) in [7, 11) is 0. The molecule has 0 unspecified atom stereocenters. The van der Waals surface area contributed by atoms with Crippen LogP contribution < -0.4 is 5.32 Å². The highest BCUT2D eigenvalue weighted by atomic mass is 79.9. The largest absolute Gasteiger partial charge is 0.364 e. The van der Waals surface area contributed by atoms with Gasteiger partial charge in [0, 0.05) is 17.6 Å². The van der Waals surface area contributed by atoms with Crippen LogP contribution in [0.25, 0.3) is 0 Å². The summed E-state index contributed by atoms with van der Waals surface area (Å²) in [5, 5.41) is 3.31. The molecule has 3 nitrogen and oxygen atoms in total. The standard InChI is InChI=1S/C9H13BrClN3/c1-9(2,3-4-11)14-8-7(10)5-12-6-13-8/h5-6H,3-4H2,1-2H3,(H,12,13,14). The van der Waals surface area contributed by atoms with Gasteiger partial charge in [0.1, 0.15) is 12.1 Å². The van der Waals surface area contributed by atoms with E-state index in [0.29, 0.717) is 5.88 Å². The maximum Gasteiger partial charge on any atom is 0.144 e. The van der Waals surface area contributed by atoms with E-state index < -0.39 is 0 Å². The molecule has 0 saturated carbocycles. The highest BCUT2D eigenvalue weighted by Gasteiger charge is 2.18. The lowest BCUT2D eigenvalue weighted by molar-refractivity contribution is 0.547. The van der Waals surface area contributed by atoms with Crippen molar-refractivity contribution in [3.05, 3.63) is 17.0 Å². The van der Waals surface area contributed by atoms with E-state index in [-0.39, 0.29) is 5.54 Å². The van der Waals surface area contributed by atoms with E-state index in [0.717, 1.165) is 16.7 Å². The van der Waals surface area contributed by atoms with Gasteiger partial charge in [0.25, 0.3) is 0 Å². The van der Waals surface area contributed by atoms with Gasteiger partial charge in [-0.2, -0.15) is 0 Å². The molecule has 14 heavy (non-hydrogen) atoms. The van der Waals surface area contributed by atoms with E-state index in [1.807, 2.05) is 0 Å². The Morgan fingerprint density at radius 2 is 2.29 bits per heavy atom. The summed E-state index contributed by atoms with van der Waals surface area (Å²) < 4.78 is 0.864. The van der Waals surface area contributed by atoms with E-state index in [2.05, 4.69) is 45.1 Å². The molecular weight excluding hydrogens is 265 g/mol. The summed E-state index contributed by atoms with van der Waals surface area (Å²) in [6, 6.07) is 0. The molecule has 78 valence electrons. The maximum absolute atomic E-state index is 5.71. The zero-order chi connectivity index (χ0) is 10.6. The molecule has 0 fully saturated rings. The molecule has 0 aliphatic carbocycles. The third-order valence-electron chi connectivity index (χ3n) is 1.84. The number of hydrogen-bond acceptors (Lipinski definition) is 3. The predicted molar refractivity (Wildman–Crippen MR) is 62.8 cm³/mol. The minimum atomic E-state index is -0.0569. The molecule has 1 heterocycles. The number of aromatic nitrogens is 2. The summed E-state index contributed by atoms with van der Waals surface area (Å²) in [6.07, 6.45) is 4.11. The quantitative estimate of drug-likeness (QED) is 0.860. The average Bonchev–Trinajstić information content (AvgIpc) is 2.08. The van der Waals surface area contributed by atoms with Crippen LogP contribution in [0, 0.1) is 0 Å². The van der Waals surface area contributed by atoms with Crippen LogP contribution in [-0.2, 0) is 0 Å². The van der Waals surface area contributed by atoms with Crippen molar-refractivity contribution in [3.8, 4) is 0 Å². The minimum absolute atomic E-state index is 0.0569. The van der Waals surface area contributed by atoms with E-state index in [1.165, 1.54) is 6.33 Å². The molecule has 1 aromatic rings. The SMILES string of the molecule is CC(C)(CCCl)Nc1ncncc1Br. The highest BCUT2D eigenvalue weighted by molar-refractivity contribution is 9.10. The van der Waals surface area contributed by atoms with Crippen molar-refractivity contribution in [1.82, 2.24) is 9.97 Å². The number of anilines is 1. The molecule has 0 saturated heterocycles. The molecule has 0 aromatic carbocycles. The second kappa shape index (κ2) is 4.94. The van der Waals surface area contributed by atoms with Gasteiger partial charge >= 0.3 is 0 Å². The maximum atomic E-state index is 5.71. The molecule has 0 spiro atoms. The normalized spacial score (nSPS) is 11.4. The Bertz CT molecular complexity index is 304. The van der Waals surface area contributed by atoms with Gasteiger partial charge in [0.2, 0.25) is 0 Å². The van der Waals surface area contributed by atoms with Crippen LogP contribution in [0.4, 0.5) is 5.82 Å². The Balaban J connectivity index is 2.73. The number of nitrogens with zero attached hydrogens (tertiary/aromatic N) is 2. The van der Waals surface area contributed by atoms with Crippen LogP contribution in [0.5, 0.6) is 0 Å². The first-order valence-corrected chi connectivity index (χ1v) is 5.67. The lowest BCUT2D eigenvalue weighted by Crippen LogP contribution is -2.31. The molecule has 0 radical (unpaired) electrons. The van der Waals surface area contributed by atoms with Gasteiger partial charge in [-0.1, -0.05) is 0 Å². The topological polar surface area (TPSA) is 37.8 Å². The van der Waals surface area contributed by atoms with Gasteiger partial charge in [-0.25, -0.2) is 9.97 Å². The second-order valence-electron chi connectivity index (χ2n) is 3.67. The molecule has 1 rings (SSSR count). The fourth-order valence-corrected chi connectivity index (χ4v) is 1.82. The van der Waals surface area contributed by atoms with Crippen molar-refractivity contribution in [2.45, 2.75) is 25.8 Å². The first kappa shape index (κ1) is 11.7. The fraction of sp³-hybridized carbons (Fsp3) is 0.556.